The predicted molar refractivity (Wildman–Crippen MR) is 78.4 cm³/mol. The molecular weight excluding hydrogens is 288 g/mol. The van der Waals surface area contributed by atoms with Crippen LogP contribution in [0.2, 0.25) is 0 Å². The molecule has 1 atom stereocenters. The number of hydrogen-bond acceptors (Lipinski definition) is 6. The molecule has 0 aliphatic carbocycles. The summed E-state index contributed by atoms with van der Waals surface area (Å²) in [6, 6.07) is 4.87. The molecule has 1 aliphatic heterocycles. The number of hydrogen-bond donors (Lipinski definition) is 0. The fraction of sp³-hybridized carbons (Fsp3) is 0.500. The van der Waals surface area contributed by atoms with Gasteiger partial charge in [-0.25, -0.2) is 4.79 Å². The molecular formula is C16H20O6. The zero-order valence-electron chi connectivity index (χ0n) is 12.8. The summed E-state index contributed by atoms with van der Waals surface area (Å²) < 4.78 is 21.2. The molecule has 22 heavy (non-hydrogen) atoms. The molecule has 0 aromatic heterocycles. The summed E-state index contributed by atoms with van der Waals surface area (Å²) in [5, 5.41) is 0. The van der Waals surface area contributed by atoms with Gasteiger partial charge in [0.05, 0.1) is 25.9 Å². The molecule has 0 spiro atoms. The Bertz CT molecular complexity index is 533. The quantitative estimate of drug-likeness (QED) is 0.455. The lowest BCUT2D eigenvalue weighted by atomic mass is 10.1. The number of methoxy groups -OCH3 is 1. The van der Waals surface area contributed by atoms with Crippen molar-refractivity contribution in [2.24, 2.45) is 0 Å². The molecule has 6 heteroatoms. The van der Waals surface area contributed by atoms with Crippen LogP contribution in [0.4, 0.5) is 0 Å². The maximum Gasteiger partial charge on any atom is 0.379 e. The molecule has 6 nitrogen and oxygen atoms in total. The van der Waals surface area contributed by atoms with E-state index in [0.29, 0.717) is 12.4 Å². The van der Waals surface area contributed by atoms with E-state index in [1.807, 2.05) is 0 Å². The number of ether oxygens (including phenoxy) is 4. The second-order valence-electron chi connectivity index (χ2n) is 4.84. The van der Waals surface area contributed by atoms with E-state index in [1.54, 1.807) is 19.1 Å². The van der Waals surface area contributed by atoms with Crippen molar-refractivity contribution in [3.05, 3.63) is 23.8 Å². The molecule has 1 aliphatic rings. The highest BCUT2D eigenvalue weighted by Crippen LogP contribution is 2.33. The van der Waals surface area contributed by atoms with Gasteiger partial charge in [-0.3, -0.25) is 4.79 Å². The fourth-order valence-electron chi connectivity index (χ4n) is 2.29. The number of Topliss-reactive ketones (excluding diaryl/α,β-unsaturated/α-hetero) is 1. The van der Waals surface area contributed by atoms with E-state index < -0.39 is 11.8 Å². The van der Waals surface area contributed by atoms with Gasteiger partial charge < -0.3 is 18.9 Å². The zero-order valence-corrected chi connectivity index (χ0v) is 12.8. The predicted octanol–water partition coefficient (Wildman–Crippen LogP) is 2.00. The van der Waals surface area contributed by atoms with Crippen LogP contribution in [0.15, 0.2) is 18.2 Å². The molecule has 0 N–H and O–H groups in total. The van der Waals surface area contributed by atoms with Crippen LogP contribution in [0.5, 0.6) is 11.5 Å². The Kier molecular flexibility index (Phi) is 5.77. The maximum atomic E-state index is 12.1. The van der Waals surface area contributed by atoms with Gasteiger partial charge in [0, 0.05) is 6.61 Å². The number of rotatable bonds is 6. The molecule has 0 bridgehead atoms. The highest BCUT2D eigenvalue weighted by molar-refractivity contribution is 6.41. The van der Waals surface area contributed by atoms with Gasteiger partial charge in [-0.1, -0.05) is 6.07 Å². The molecule has 1 heterocycles. The standard InChI is InChI=1S/C16H20O6/c1-3-21-16(18)14(17)12-7-4-8-13(15(12)19-2)22-11-6-5-9-20-10-11/h4,7-8,11H,3,5-6,9-10H2,1-2H3. The molecule has 1 saturated heterocycles. The molecule has 1 fully saturated rings. The number of carbonyl (C=O) groups excluding carboxylic acids is 2. The number of ketones is 1. The number of benzene rings is 1. The van der Waals surface area contributed by atoms with E-state index in [4.69, 9.17) is 18.9 Å². The molecule has 0 amide bonds. The van der Waals surface area contributed by atoms with E-state index in [0.717, 1.165) is 19.4 Å². The lowest BCUT2D eigenvalue weighted by Crippen LogP contribution is -2.28. The van der Waals surface area contributed by atoms with Gasteiger partial charge >= 0.3 is 5.97 Å². The summed E-state index contributed by atoms with van der Waals surface area (Å²) in [6.07, 6.45) is 1.71. The Labute approximate surface area is 129 Å². The lowest BCUT2D eigenvalue weighted by molar-refractivity contribution is -0.137. The minimum absolute atomic E-state index is 0.0874. The van der Waals surface area contributed by atoms with Gasteiger partial charge in [0.25, 0.3) is 5.78 Å². The summed E-state index contributed by atoms with van der Waals surface area (Å²) in [4.78, 5) is 23.7. The smallest absolute Gasteiger partial charge is 0.379 e. The van der Waals surface area contributed by atoms with E-state index in [-0.39, 0.29) is 24.0 Å². The van der Waals surface area contributed by atoms with Crippen molar-refractivity contribution < 1.29 is 28.5 Å². The van der Waals surface area contributed by atoms with Crippen molar-refractivity contribution in [1.82, 2.24) is 0 Å². The Balaban J connectivity index is 2.22. The normalized spacial score (nSPS) is 17.6. The van der Waals surface area contributed by atoms with Gasteiger partial charge in [0.2, 0.25) is 0 Å². The molecule has 120 valence electrons. The number of carbonyl (C=O) groups is 2. The van der Waals surface area contributed by atoms with Crippen LogP contribution in [0.1, 0.15) is 30.1 Å². The first-order chi connectivity index (χ1) is 10.7. The van der Waals surface area contributed by atoms with Crippen LogP contribution in [0.3, 0.4) is 0 Å². The minimum Gasteiger partial charge on any atom is -0.492 e. The van der Waals surface area contributed by atoms with Crippen LogP contribution in [0.25, 0.3) is 0 Å². The van der Waals surface area contributed by atoms with E-state index in [1.165, 1.54) is 13.2 Å². The van der Waals surface area contributed by atoms with Crippen LogP contribution in [-0.2, 0) is 14.3 Å². The Morgan fingerprint density at radius 3 is 2.82 bits per heavy atom. The zero-order chi connectivity index (χ0) is 15.9. The molecule has 2 rings (SSSR count). The van der Waals surface area contributed by atoms with Gasteiger partial charge in [0.1, 0.15) is 6.10 Å². The number of para-hydroxylation sites is 1. The van der Waals surface area contributed by atoms with Crippen molar-refractivity contribution in [2.75, 3.05) is 26.9 Å². The molecule has 1 aromatic carbocycles. The van der Waals surface area contributed by atoms with Crippen molar-refractivity contribution in [2.45, 2.75) is 25.9 Å². The van der Waals surface area contributed by atoms with Crippen LogP contribution >= 0.6 is 0 Å². The maximum absolute atomic E-state index is 12.1. The van der Waals surface area contributed by atoms with Crippen molar-refractivity contribution in [3.8, 4) is 11.5 Å². The minimum atomic E-state index is -0.904. The topological polar surface area (TPSA) is 71.1 Å². The Morgan fingerprint density at radius 1 is 1.36 bits per heavy atom. The van der Waals surface area contributed by atoms with E-state index >= 15 is 0 Å². The fourth-order valence-corrected chi connectivity index (χ4v) is 2.29. The summed E-state index contributed by atoms with van der Waals surface area (Å²) in [7, 11) is 1.43. The van der Waals surface area contributed by atoms with Gasteiger partial charge in [-0.2, -0.15) is 0 Å². The van der Waals surface area contributed by atoms with Crippen LogP contribution < -0.4 is 9.47 Å². The first kappa shape index (κ1) is 16.3. The molecule has 1 unspecified atom stereocenters. The number of esters is 1. The van der Waals surface area contributed by atoms with Crippen molar-refractivity contribution in [3.63, 3.8) is 0 Å². The highest BCUT2D eigenvalue weighted by Gasteiger charge is 2.25. The largest absolute Gasteiger partial charge is 0.492 e. The summed E-state index contributed by atoms with van der Waals surface area (Å²) in [6.45, 7) is 3.02. The van der Waals surface area contributed by atoms with E-state index in [2.05, 4.69) is 0 Å². The monoisotopic (exact) mass is 308 g/mol. The summed E-state index contributed by atoms with van der Waals surface area (Å²) in [5.41, 5.74) is 0.134. The third-order valence-electron chi connectivity index (χ3n) is 3.30. The average molecular weight is 308 g/mol. The molecule has 0 saturated carbocycles. The van der Waals surface area contributed by atoms with Crippen LogP contribution in [0, 0.1) is 0 Å². The van der Waals surface area contributed by atoms with Gasteiger partial charge in [-0.15, -0.1) is 0 Å². The molecule has 1 aromatic rings. The third kappa shape index (κ3) is 3.76. The first-order valence-electron chi connectivity index (χ1n) is 7.30. The second-order valence-corrected chi connectivity index (χ2v) is 4.84. The Hall–Kier alpha value is -2.08. The Morgan fingerprint density at radius 2 is 2.18 bits per heavy atom. The average Bonchev–Trinajstić information content (AvgIpc) is 2.55. The summed E-state index contributed by atoms with van der Waals surface area (Å²) in [5.74, 6) is -0.984. The summed E-state index contributed by atoms with van der Waals surface area (Å²) >= 11 is 0. The van der Waals surface area contributed by atoms with Crippen molar-refractivity contribution >= 4 is 11.8 Å². The van der Waals surface area contributed by atoms with Gasteiger partial charge in [-0.05, 0) is 31.9 Å². The third-order valence-corrected chi connectivity index (χ3v) is 3.30. The van der Waals surface area contributed by atoms with Crippen molar-refractivity contribution in [1.29, 1.82) is 0 Å². The highest BCUT2D eigenvalue weighted by atomic mass is 16.6. The van der Waals surface area contributed by atoms with Gasteiger partial charge in [0.15, 0.2) is 11.5 Å². The van der Waals surface area contributed by atoms with Crippen LogP contribution in [-0.4, -0.2) is 44.8 Å². The second kappa shape index (κ2) is 7.79. The van der Waals surface area contributed by atoms with E-state index in [9.17, 15) is 9.59 Å². The molecule has 0 radical (unpaired) electrons. The SMILES string of the molecule is CCOC(=O)C(=O)c1cccc(OC2CCCOC2)c1OC. The first-order valence-corrected chi connectivity index (χ1v) is 7.30. The lowest BCUT2D eigenvalue weighted by Gasteiger charge is -2.24.